The maximum Gasteiger partial charge on any atom is 0.247 e. The molecule has 1 amide bonds. The maximum atomic E-state index is 11.6. The van der Waals surface area contributed by atoms with E-state index >= 15 is 0 Å². The summed E-state index contributed by atoms with van der Waals surface area (Å²) in [5.74, 6) is 0.0376. The summed E-state index contributed by atoms with van der Waals surface area (Å²) in [5.41, 5.74) is 2.07. The Morgan fingerprint density at radius 2 is 2.19 bits per heavy atom. The maximum absolute atomic E-state index is 11.6. The highest BCUT2D eigenvalue weighted by Gasteiger charge is 2.15. The van der Waals surface area contributed by atoms with E-state index in [1.807, 2.05) is 6.92 Å². The number of ether oxygens (including phenoxy) is 1. The van der Waals surface area contributed by atoms with Gasteiger partial charge in [0.05, 0.1) is 6.61 Å². The number of carbonyl (C=O) groups excluding carboxylic acids is 1. The van der Waals surface area contributed by atoms with Gasteiger partial charge in [-0.2, -0.15) is 0 Å². The van der Waals surface area contributed by atoms with E-state index in [4.69, 9.17) is 4.74 Å². The van der Waals surface area contributed by atoms with Crippen LogP contribution in [0.15, 0.2) is 11.1 Å². The zero-order valence-corrected chi connectivity index (χ0v) is 10.3. The minimum atomic E-state index is 0.0376. The number of hydrogen-bond donors (Lipinski definition) is 2. The van der Waals surface area contributed by atoms with Crippen molar-refractivity contribution in [1.82, 2.24) is 10.6 Å². The molecule has 0 aromatic heterocycles. The van der Waals surface area contributed by atoms with Gasteiger partial charge < -0.3 is 15.4 Å². The smallest absolute Gasteiger partial charge is 0.247 e. The highest BCUT2D eigenvalue weighted by atomic mass is 16.5. The van der Waals surface area contributed by atoms with Gasteiger partial charge in [0, 0.05) is 31.8 Å². The molecular formula is C12H22N2O2. The van der Waals surface area contributed by atoms with Gasteiger partial charge in [0.25, 0.3) is 0 Å². The lowest BCUT2D eigenvalue weighted by Crippen LogP contribution is -2.38. The molecule has 0 bridgehead atoms. The van der Waals surface area contributed by atoms with Crippen LogP contribution in [0.25, 0.3) is 0 Å². The number of unbranched alkanes of at least 4 members (excludes halogenated alkanes) is 1. The molecule has 0 atom stereocenters. The lowest BCUT2D eigenvalue weighted by Gasteiger charge is -2.21. The third kappa shape index (κ3) is 4.33. The van der Waals surface area contributed by atoms with Gasteiger partial charge in [0.1, 0.15) is 0 Å². The summed E-state index contributed by atoms with van der Waals surface area (Å²) >= 11 is 0. The van der Waals surface area contributed by atoms with Gasteiger partial charge in [0.2, 0.25) is 5.91 Å². The molecule has 0 saturated carbocycles. The second-order valence-corrected chi connectivity index (χ2v) is 4.05. The van der Waals surface area contributed by atoms with Crippen LogP contribution in [-0.2, 0) is 9.53 Å². The molecule has 4 nitrogen and oxygen atoms in total. The van der Waals surface area contributed by atoms with Gasteiger partial charge in [-0.3, -0.25) is 4.79 Å². The zero-order chi connectivity index (χ0) is 11.8. The molecule has 92 valence electrons. The number of rotatable bonds is 7. The molecule has 1 aliphatic rings. The van der Waals surface area contributed by atoms with Crippen molar-refractivity contribution in [1.29, 1.82) is 0 Å². The lowest BCUT2D eigenvalue weighted by atomic mass is 10.0. The van der Waals surface area contributed by atoms with Gasteiger partial charge in [-0.25, -0.2) is 0 Å². The summed E-state index contributed by atoms with van der Waals surface area (Å²) in [6.07, 6.45) is 2.23. The zero-order valence-electron chi connectivity index (χ0n) is 10.3. The molecule has 1 heterocycles. The van der Waals surface area contributed by atoms with Crippen LogP contribution in [0.4, 0.5) is 0 Å². The molecule has 1 fully saturated rings. The molecule has 0 radical (unpaired) electrons. The van der Waals surface area contributed by atoms with E-state index in [1.165, 1.54) is 5.57 Å². The van der Waals surface area contributed by atoms with Gasteiger partial charge in [0.15, 0.2) is 0 Å². The van der Waals surface area contributed by atoms with Crippen molar-refractivity contribution in [2.24, 2.45) is 0 Å². The molecule has 0 aliphatic carbocycles. The first-order valence-corrected chi connectivity index (χ1v) is 6.01. The molecule has 4 heteroatoms. The van der Waals surface area contributed by atoms with Crippen molar-refractivity contribution in [3.05, 3.63) is 11.1 Å². The van der Waals surface area contributed by atoms with Gasteiger partial charge in [-0.15, -0.1) is 0 Å². The second kappa shape index (κ2) is 7.41. The van der Waals surface area contributed by atoms with Crippen molar-refractivity contribution in [2.75, 3.05) is 32.8 Å². The first kappa shape index (κ1) is 13.2. The van der Waals surface area contributed by atoms with Crippen molar-refractivity contribution in [3.8, 4) is 0 Å². The summed E-state index contributed by atoms with van der Waals surface area (Å²) in [6.45, 7) is 7.71. The summed E-state index contributed by atoms with van der Waals surface area (Å²) in [7, 11) is 0. The van der Waals surface area contributed by atoms with E-state index in [0.717, 1.165) is 38.1 Å². The van der Waals surface area contributed by atoms with Crippen LogP contribution in [0.1, 0.15) is 26.7 Å². The van der Waals surface area contributed by atoms with E-state index in [0.29, 0.717) is 13.2 Å². The van der Waals surface area contributed by atoms with E-state index in [9.17, 15) is 4.79 Å². The fraction of sp³-hybridized carbons (Fsp3) is 0.750. The molecule has 0 spiro atoms. The average molecular weight is 226 g/mol. The Labute approximate surface area is 97.4 Å². The molecule has 1 rings (SSSR count). The Bertz CT molecular complexity index is 256. The SMILES string of the molecule is CCCCOCCNC(=O)C(C)=C1CNC1. The topological polar surface area (TPSA) is 50.4 Å². The average Bonchev–Trinajstić information content (AvgIpc) is 2.20. The van der Waals surface area contributed by atoms with E-state index < -0.39 is 0 Å². The third-order valence-electron chi connectivity index (χ3n) is 2.72. The van der Waals surface area contributed by atoms with Crippen LogP contribution in [0, 0.1) is 0 Å². The Balaban J connectivity index is 2.06. The number of amides is 1. The van der Waals surface area contributed by atoms with Crippen molar-refractivity contribution in [2.45, 2.75) is 26.7 Å². The fourth-order valence-electron chi connectivity index (χ4n) is 1.39. The molecule has 0 aromatic carbocycles. The van der Waals surface area contributed by atoms with Gasteiger partial charge in [-0.05, 0) is 18.9 Å². The minimum absolute atomic E-state index is 0.0376. The molecule has 16 heavy (non-hydrogen) atoms. The Kier molecular flexibility index (Phi) is 6.11. The van der Waals surface area contributed by atoms with E-state index in [1.54, 1.807) is 0 Å². The predicted octanol–water partition coefficient (Wildman–Crippen LogP) is 0.839. The molecular weight excluding hydrogens is 204 g/mol. The molecule has 2 N–H and O–H groups in total. The third-order valence-corrected chi connectivity index (χ3v) is 2.72. The monoisotopic (exact) mass is 226 g/mol. The minimum Gasteiger partial charge on any atom is -0.380 e. The fourth-order valence-corrected chi connectivity index (χ4v) is 1.39. The highest BCUT2D eigenvalue weighted by Crippen LogP contribution is 2.08. The number of hydrogen-bond acceptors (Lipinski definition) is 3. The Hall–Kier alpha value is -0.870. The van der Waals surface area contributed by atoms with Crippen molar-refractivity contribution in [3.63, 3.8) is 0 Å². The standard InChI is InChI=1S/C12H22N2O2/c1-3-4-6-16-7-5-14-12(15)10(2)11-8-13-9-11/h13H,3-9H2,1-2H3,(H,14,15). The van der Waals surface area contributed by atoms with Crippen LogP contribution in [0.5, 0.6) is 0 Å². The second-order valence-electron chi connectivity index (χ2n) is 4.05. The van der Waals surface area contributed by atoms with Crippen LogP contribution in [0.3, 0.4) is 0 Å². The molecule has 0 unspecified atom stereocenters. The summed E-state index contributed by atoms with van der Waals surface area (Å²) in [6, 6.07) is 0. The molecule has 1 saturated heterocycles. The van der Waals surface area contributed by atoms with Crippen LogP contribution in [-0.4, -0.2) is 38.8 Å². The number of nitrogens with one attached hydrogen (secondary N) is 2. The van der Waals surface area contributed by atoms with Crippen molar-refractivity contribution < 1.29 is 9.53 Å². The largest absolute Gasteiger partial charge is 0.380 e. The first-order valence-electron chi connectivity index (χ1n) is 6.01. The van der Waals surface area contributed by atoms with Gasteiger partial charge >= 0.3 is 0 Å². The van der Waals surface area contributed by atoms with Crippen molar-refractivity contribution >= 4 is 5.91 Å². The van der Waals surface area contributed by atoms with Crippen LogP contribution < -0.4 is 10.6 Å². The van der Waals surface area contributed by atoms with E-state index in [-0.39, 0.29) is 5.91 Å². The first-order chi connectivity index (χ1) is 7.75. The van der Waals surface area contributed by atoms with E-state index in [2.05, 4.69) is 17.6 Å². The Morgan fingerprint density at radius 3 is 2.75 bits per heavy atom. The number of carbonyl (C=O) groups is 1. The highest BCUT2D eigenvalue weighted by molar-refractivity contribution is 5.93. The quantitative estimate of drug-likeness (QED) is 0.499. The molecule has 1 aliphatic heterocycles. The van der Waals surface area contributed by atoms with Crippen LogP contribution >= 0.6 is 0 Å². The normalized spacial score (nSPS) is 14.5. The van der Waals surface area contributed by atoms with Crippen LogP contribution in [0.2, 0.25) is 0 Å². The van der Waals surface area contributed by atoms with Gasteiger partial charge in [-0.1, -0.05) is 13.3 Å². The summed E-state index contributed by atoms with van der Waals surface area (Å²) in [5, 5.41) is 5.98. The summed E-state index contributed by atoms with van der Waals surface area (Å²) in [4.78, 5) is 11.6. The molecule has 0 aromatic rings. The Morgan fingerprint density at radius 1 is 1.44 bits per heavy atom. The lowest BCUT2D eigenvalue weighted by molar-refractivity contribution is -0.117. The summed E-state index contributed by atoms with van der Waals surface area (Å²) < 4.78 is 5.36. The predicted molar refractivity (Wildman–Crippen MR) is 64.3 cm³/mol.